The number of benzene rings is 6. The second kappa shape index (κ2) is 9.08. The predicted molar refractivity (Wildman–Crippen MR) is 178 cm³/mol. The molecule has 0 fully saturated rings. The highest BCUT2D eigenvalue weighted by molar-refractivity contribution is 6.12. The van der Waals surface area contributed by atoms with Gasteiger partial charge in [0.2, 0.25) is 0 Å². The first-order valence-corrected chi connectivity index (χ1v) is 14.7. The molecule has 0 bridgehead atoms. The van der Waals surface area contributed by atoms with Gasteiger partial charge >= 0.3 is 0 Å². The van der Waals surface area contributed by atoms with Crippen LogP contribution in [0.5, 0.6) is 0 Å². The standard InChI is InChI=1S/C40H37N/c1-39(2,3)30-12-17-32(18-13-30)41(33-19-14-31(15-20-33)40(4,5)6)34-16-11-28-24-37-35-22-26-9-7-8-10-27(26)23-36(35)38(37)25-29(28)21-34/h7-25H,1-6H3. The molecule has 0 unspecified atom stereocenters. The lowest BCUT2D eigenvalue weighted by molar-refractivity contribution is 0.590. The van der Waals surface area contributed by atoms with Crippen LogP contribution in [-0.4, -0.2) is 0 Å². The Hall–Kier alpha value is -4.36. The van der Waals surface area contributed by atoms with Crippen LogP contribution in [0.25, 0.3) is 43.8 Å². The molecule has 0 saturated carbocycles. The fourth-order valence-corrected chi connectivity index (χ4v) is 6.16. The van der Waals surface area contributed by atoms with Crippen molar-refractivity contribution in [2.75, 3.05) is 4.90 Å². The summed E-state index contributed by atoms with van der Waals surface area (Å²) in [4.78, 5) is 2.39. The summed E-state index contributed by atoms with van der Waals surface area (Å²) in [6.07, 6.45) is 0. The van der Waals surface area contributed by atoms with Crippen molar-refractivity contribution >= 4 is 38.6 Å². The third-order valence-corrected chi connectivity index (χ3v) is 8.67. The molecule has 1 nitrogen and oxygen atoms in total. The van der Waals surface area contributed by atoms with E-state index in [1.165, 1.54) is 72.0 Å². The van der Waals surface area contributed by atoms with Crippen LogP contribution in [0.15, 0.2) is 115 Å². The molecule has 0 aromatic heterocycles. The maximum atomic E-state index is 2.39. The zero-order valence-electron chi connectivity index (χ0n) is 24.9. The van der Waals surface area contributed by atoms with Crippen molar-refractivity contribution in [2.45, 2.75) is 52.4 Å². The van der Waals surface area contributed by atoms with Gasteiger partial charge in [0.1, 0.15) is 0 Å². The molecule has 0 amide bonds. The Morgan fingerprint density at radius 2 is 0.732 bits per heavy atom. The van der Waals surface area contributed by atoms with Gasteiger partial charge in [0.05, 0.1) is 0 Å². The first-order chi connectivity index (χ1) is 19.6. The quantitative estimate of drug-likeness (QED) is 0.219. The van der Waals surface area contributed by atoms with Crippen molar-refractivity contribution in [1.29, 1.82) is 0 Å². The largest absolute Gasteiger partial charge is 0.310 e. The number of fused-ring (bicyclic) bond motifs is 6. The molecule has 0 spiro atoms. The topological polar surface area (TPSA) is 3.24 Å². The lowest BCUT2D eigenvalue weighted by Crippen LogP contribution is -2.14. The summed E-state index contributed by atoms with van der Waals surface area (Å²) in [5.74, 6) is 0. The molecule has 0 atom stereocenters. The van der Waals surface area contributed by atoms with Gasteiger partial charge in [0.15, 0.2) is 0 Å². The summed E-state index contributed by atoms with van der Waals surface area (Å²) in [6, 6.07) is 43.2. The fourth-order valence-electron chi connectivity index (χ4n) is 6.16. The van der Waals surface area contributed by atoms with Crippen LogP contribution in [0.4, 0.5) is 17.1 Å². The fraction of sp³-hybridized carbons (Fsp3) is 0.200. The van der Waals surface area contributed by atoms with Crippen molar-refractivity contribution in [3.8, 4) is 22.3 Å². The lowest BCUT2D eigenvalue weighted by Gasteiger charge is -2.29. The molecule has 1 aliphatic rings. The highest BCUT2D eigenvalue weighted by atomic mass is 15.1. The van der Waals surface area contributed by atoms with Gasteiger partial charge in [0.25, 0.3) is 0 Å². The third-order valence-electron chi connectivity index (χ3n) is 8.67. The highest BCUT2D eigenvalue weighted by Gasteiger charge is 2.24. The summed E-state index contributed by atoms with van der Waals surface area (Å²) in [5, 5.41) is 5.15. The average Bonchev–Trinajstić information content (AvgIpc) is 2.95. The maximum Gasteiger partial charge on any atom is 0.0468 e. The number of anilines is 3. The molecular formula is C40H37N. The van der Waals surface area contributed by atoms with E-state index in [4.69, 9.17) is 0 Å². The van der Waals surface area contributed by atoms with Gasteiger partial charge in [-0.25, -0.2) is 0 Å². The summed E-state index contributed by atoms with van der Waals surface area (Å²) < 4.78 is 0. The van der Waals surface area contributed by atoms with Crippen molar-refractivity contribution in [3.63, 3.8) is 0 Å². The molecule has 1 aliphatic carbocycles. The smallest absolute Gasteiger partial charge is 0.0468 e. The number of rotatable bonds is 3. The van der Waals surface area contributed by atoms with E-state index in [9.17, 15) is 0 Å². The minimum atomic E-state index is 0.115. The van der Waals surface area contributed by atoms with Gasteiger partial charge < -0.3 is 4.90 Å². The molecule has 0 radical (unpaired) electrons. The lowest BCUT2D eigenvalue weighted by atomic mass is 9.78. The molecule has 0 N–H and O–H groups in total. The Balaban J connectivity index is 1.34. The van der Waals surface area contributed by atoms with Gasteiger partial charge in [-0.15, -0.1) is 0 Å². The minimum absolute atomic E-state index is 0.115. The average molecular weight is 532 g/mol. The molecule has 0 aliphatic heterocycles. The van der Waals surface area contributed by atoms with E-state index in [-0.39, 0.29) is 10.8 Å². The number of nitrogens with zero attached hydrogens (tertiary/aromatic N) is 1. The summed E-state index contributed by atoms with van der Waals surface area (Å²) >= 11 is 0. The minimum Gasteiger partial charge on any atom is -0.310 e. The van der Waals surface area contributed by atoms with Crippen LogP contribution in [0.2, 0.25) is 0 Å². The zero-order valence-corrected chi connectivity index (χ0v) is 24.9. The van der Waals surface area contributed by atoms with E-state index in [2.05, 4.69) is 162 Å². The molecule has 6 aromatic carbocycles. The van der Waals surface area contributed by atoms with E-state index in [1.807, 2.05) is 0 Å². The molecule has 1 heteroatoms. The molecule has 0 saturated heterocycles. The number of hydrogen-bond acceptors (Lipinski definition) is 1. The Morgan fingerprint density at radius 3 is 1.15 bits per heavy atom. The van der Waals surface area contributed by atoms with Crippen LogP contribution in [0, 0.1) is 0 Å². The van der Waals surface area contributed by atoms with E-state index in [0.717, 1.165) is 0 Å². The van der Waals surface area contributed by atoms with Crippen LogP contribution >= 0.6 is 0 Å². The monoisotopic (exact) mass is 531 g/mol. The van der Waals surface area contributed by atoms with Crippen LogP contribution in [-0.2, 0) is 10.8 Å². The van der Waals surface area contributed by atoms with Gasteiger partial charge in [-0.05, 0) is 126 Å². The number of hydrogen-bond donors (Lipinski definition) is 0. The SMILES string of the molecule is CC(C)(C)c1ccc(N(c2ccc(C(C)(C)C)cc2)c2ccc3cc4c(cc3c2)-c2cc3ccccc3cc2-4)cc1. The Bertz CT molecular complexity index is 1870. The Labute approximate surface area is 244 Å². The van der Waals surface area contributed by atoms with Crippen molar-refractivity contribution in [1.82, 2.24) is 0 Å². The highest BCUT2D eigenvalue weighted by Crippen LogP contribution is 2.50. The molecule has 7 rings (SSSR count). The van der Waals surface area contributed by atoms with Crippen LogP contribution in [0.3, 0.4) is 0 Å². The van der Waals surface area contributed by atoms with Gasteiger partial charge in [0, 0.05) is 17.1 Å². The normalized spacial score (nSPS) is 12.6. The molecular weight excluding hydrogens is 494 g/mol. The van der Waals surface area contributed by atoms with E-state index in [0.29, 0.717) is 0 Å². The summed E-state index contributed by atoms with van der Waals surface area (Å²) in [7, 11) is 0. The summed E-state index contributed by atoms with van der Waals surface area (Å²) in [6.45, 7) is 13.6. The molecule has 202 valence electrons. The first kappa shape index (κ1) is 25.6. The Kier molecular flexibility index (Phi) is 5.67. The zero-order chi connectivity index (χ0) is 28.5. The van der Waals surface area contributed by atoms with Crippen LogP contribution in [0.1, 0.15) is 52.7 Å². The second-order valence-electron chi connectivity index (χ2n) is 13.6. The van der Waals surface area contributed by atoms with E-state index < -0.39 is 0 Å². The van der Waals surface area contributed by atoms with Crippen LogP contribution < -0.4 is 4.90 Å². The second-order valence-corrected chi connectivity index (χ2v) is 13.6. The maximum absolute atomic E-state index is 2.39. The molecule has 0 heterocycles. The van der Waals surface area contributed by atoms with Gasteiger partial charge in [-0.3, -0.25) is 0 Å². The first-order valence-electron chi connectivity index (χ1n) is 14.7. The van der Waals surface area contributed by atoms with E-state index >= 15 is 0 Å². The third kappa shape index (κ3) is 4.41. The summed E-state index contributed by atoms with van der Waals surface area (Å²) in [5.41, 5.74) is 11.9. The molecule has 41 heavy (non-hydrogen) atoms. The predicted octanol–water partition coefficient (Wildman–Crippen LogP) is 11.7. The Morgan fingerprint density at radius 1 is 0.366 bits per heavy atom. The van der Waals surface area contributed by atoms with E-state index in [1.54, 1.807) is 0 Å². The van der Waals surface area contributed by atoms with Gasteiger partial charge in [-0.2, -0.15) is 0 Å². The molecule has 6 aromatic rings. The van der Waals surface area contributed by atoms with Crippen molar-refractivity contribution in [3.05, 3.63) is 126 Å². The van der Waals surface area contributed by atoms with Crippen molar-refractivity contribution in [2.24, 2.45) is 0 Å². The van der Waals surface area contributed by atoms with Crippen molar-refractivity contribution < 1.29 is 0 Å². The van der Waals surface area contributed by atoms with Gasteiger partial charge in [-0.1, -0.05) is 96.1 Å².